The van der Waals surface area contributed by atoms with E-state index < -0.39 is 6.10 Å². The van der Waals surface area contributed by atoms with Gasteiger partial charge in [-0.1, -0.05) is 32.9 Å². The van der Waals surface area contributed by atoms with Crippen molar-refractivity contribution in [1.82, 2.24) is 5.32 Å². The number of esters is 1. The molecule has 2 unspecified atom stereocenters. The zero-order valence-corrected chi connectivity index (χ0v) is 14.8. The van der Waals surface area contributed by atoms with Crippen molar-refractivity contribution in [3.05, 3.63) is 29.8 Å². The topological polar surface area (TPSA) is 64.6 Å². The van der Waals surface area contributed by atoms with Crippen LogP contribution in [0.2, 0.25) is 0 Å². The highest BCUT2D eigenvalue weighted by Crippen LogP contribution is 2.24. The lowest BCUT2D eigenvalue weighted by molar-refractivity contribution is -0.141. The van der Waals surface area contributed by atoms with E-state index in [4.69, 9.17) is 4.74 Å². The van der Waals surface area contributed by atoms with Gasteiger partial charge in [-0.25, -0.2) is 0 Å². The number of methoxy groups -OCH3 is 1. The molecule has 0 bridgehead atoms. The second kappa shape index (κ2) is 7.99. The van der Waals surface area contributed by atoms with Gasteiger partial charge in [0.25, 0.3) is 5.91 Å². The molecule has 0 radical (unpaired) electrons. The summed E-state index contributed by atoms with van der Waals surface area (Å²) in [7, 11) is 1.32. The third kappa shape index (κ3) is 6.30. The molecule has 0 heterocycles. The molecule has 23 heavy (non-hydrogen) atoms. The Balaban J connectivity index is 2.56. The second-order valence-electron chi connectivity index (χ2n) is 6.72. The first-order valence-electron chi connectivity index (χ1n) is 7.78. The van der Waals surface area contributed by atoms with Crippen LogP contribution in [-0.4, -0.2) is 31.1 Å². The smallest absolute Gasteiger partial charge is 0.307 e. The van der Waals surface area contributed by atoms with Gasteiger partial charge >= 0.3 is 5.97 Å². The van der Waals surface area contributed by atoms with Gasteiger partial charge in [0, 0.05) is 6.04 Å². The van der Waals surface area contributed by atoms with Gasteiger partial charge in [0.05, 0.1) is 13.5 Å². The third-order valence-corrected chi connectivity index (χ3v) is 3.49. The number of amides is 1. The van der Waals surface area contributed by atoms with Gasteiger partial charge in [-0.2, -0.15) is 0 Å². The third-order valence-electron chi connectivity index (χ3n) is 3.49. The van der Waals surface area contributed by atoms with Crippen molar-refractivity contribution in [3.63, 3.8) is 0 Å². The number of carbonyl (C=O) groups is 2. The number of carbonyl (C=O) groups excluding carboxylic acids is 2. The summed E-state index contributed by atoms with van der Waals surface area (Å²) in [6.07, 6.45) is -0.509. The Morgan fingerprint density at radius 3 is 2.17 bits per heavy atom. The van der Waals surface area contributed by atoms with Crippen LogP contribution in [0.5, 0.6) is 5.75 Å². The van der Waals surface area contributed by atoms with Gasteiger partial charge in [0.15, 0.2) is 6.10 Å². The molecule has 0 aliphatic carbocycles. The molecule has 0 saturated heterocycles. The lowest BCUT2D eigenvalue weighted by Crippen LogP contribution is -2.42. The summed E-state index contributed by atoms with van der Waals surface area (Å²) in [5.41, 5.74) is 1.28. The van der Waals surface area contributed by atoms with E-state index in [9.17, 15) is 9.59 Å². The largest absolute Gasteiger partial charge is 0.481 e. The van der Waals surface area contributed by atoms with E-state index in [1.807, 2.05) is 24.3 Å². The van der Waals surface area contributed by atoms with Crippen LogP contribution in [0.4, 0.5) is 0 Å². The van der Waals surface area contributed by atoms with Crippen molar-refractivity contribution in [3.8, 4) is 5.75 Å². The Bertz CT molecular complexity index is 531. The molecule has 0 aliphatic rings. The van der Waals surface area contributed by atoms with Crippen molar-refractivity contribution < 1.29 is 19.1 Å². The standard InChI is InChI=1S/C18H27NO4/c1-12(11-16(20)22-6)19-17(21)13(2)23-15-9-7-14(8-10-15)18(3,4)5/h7-10,12-13H,11H2,1-6H3,(H,19,21). The highest BCUT2D eigenvalue weighted by Gasteiger charge is 2.19. The minimum atomic E-state index is -0.643. The number of nitrogens with one attached hydrogen (secondary N) is 1. The predicted octanol–water partition coefficient (Wildman–Crippen LogP) is 2.82. The molecule has 0 aromatic heterocycles. The normalized spacial score (nSPS) is 13.8. The molecule has 1 rings (SSSR count). The maximum Gasteiger partial charge on any atom is 0.307 e. The predicted molar refractivity (Wildman–Crippen MR) is 89.5 cm³/mol. The van der Waals surface area contributed by atoms with Crippen molar-refractivity contribution >= 4 is 11.9 Å². The van der Waals surface area contributed by atoms with E-state index in [0.717, 1.165) is 0 Å². The summed E-state index contributed by atoms with van der Waals surface area (Å²) in [6.45, 7) is 9.85. The van der Waals surface area contributed by atoms with Crippen LogP contribution in [0.25, 0.3) is 0 Å². The molecule has 5 heteroatoms. The fourth-order valence-corrected chi connectivity index (χ4v) is 2.04. The van der Waals surface area contributed by atoms with Gasteiger partial charge in [0.1, 0.15) is 5.75 Å². The van der Waals surface area contributed by atoms with E-state index in [0.29, 0.717) is 5.75 Å². The van der Waals surface area contributed by atoms with Gasteiger partial charge < -0.3 is 14.8 Å². The van der Waals surface area contributed by atoms with Gasteiger partial charge in [0.2, 0.25) is 0 Å². The van der Waals surface area contributed by atoms with E-state index in [2.05, 4.69) is 30.8 Å². The Kier molecular flexibility index (Phi) is 6.61. The molecule has 5 nitrogen and oxygen atoms in total. The van der Waals surface area contributed by atoms with Crippen molar-refractivity contribution in [2.75, 3.05) is 7.11 Å². The molecule has 128 valence electrons. The SMILES string of the molecule is COC(=O)CC(C)NC(=O)C(C)Oc1ccc(C(C)(C)C)cc1. The van der Waals surface area contributed by atoms with Gasteiger partial charge in [-0.05, 0) is 37.0 Å². The number of hydrogen-bond acceptors (Lipinski definition) is 4. The molecule has 2 atom stereocenters. The van der Waals surface area contributed by atoms with Crippen LogP contribution >= 0.6 is 0 Å². The summed E-state index contributed by atoms with van der Waals surface area (Å²) < 4.78 is 10.2. The maximum absolute atomic E-state index is 12.1. The van der Waals surface area contributed by atoms with Crippen molar-refractivity contribution in [2.24, 2.45) is 0 Å². The van der Waals surface area contributed by atoms with E-state index >= 15 is 0 Å². The summed E-state index contributed by atoms with van der Waals surface area (Å²) >= 11 is 0. The van der Waals surface area contributed by atoms with Crippen molar-refractivity contribution in [2.45, 2.75) is 58.6 Å². The highest BCUT2D eigenvalue weighted by molar-refractivity contribution is 5.81. The first kappa shape index (κ1) is 19.0. The zero-order valence-electron chi connectivity index (χ0n) is 14.8. The van der Waals surface area contributed by atoms with Crippen LogP contribution in [0.3, 0.4) is 0 Å². The summed E-state index contributed by atoms with van der Waals surface area (Å²) in [5.74, 6) is 0.0201. The molecule has 0 aliphatic heterocycles. The van der Waals surface area contributed by atoms with Crippen LogP contribution in [0, 0.1) is 0 Å². The molecule has 0 saturated carbocycles. The minimum absolute atomic E-state index is 0.0742. The van der Waals surface area contributed by atoms with Gasteiger partial charge in [-0.3, -0.25) is 9.59 Å². The fourth-order valence-electron chi connectivity index (χ4n) is 2.04. The first-order chi connectivity index (χ1) is 10.6. The van der Waals surface area contributed by atoms with E-state index in [1.54, 1.807) is 13.8 Å². The highest BCUT2D eigenvalue weighted by atomic mass is 16.5. The molecule has 1 amide bonds. The van der Waals surface area contributed by atoms with Crippen molar-refractivity contribution in [1.29, 1.82) is 0 Å². The molecule has 0 spiro atoms. The van der Waals surface area contributed by atoms with E-state index in [-0.39, 0.29) is 29.8 Å². The number of ether oxygens (including phenoxy) is 2. The Labute approximate surface area is 138 Å². The Hall–Kier alpha value is -2.04. The minimum Gasteiger partial charge on any atom is -0.481 e. The summed E-state index contributed by atoms with van der Waals surface area (Å²) in [5, 5.41) is 2.74. The van der Waals surface area contributed by atoms with E-state index in [1.165, 1.54) is 12.7 Å². The average molecular weight is 321 g/mol. The Morgan fingerprint density at radius 1 is 1.13 bits per heavy atom. The maximum atomic E-state index is 12.1. The monoisotopic (exact) mass is 321 g/mol. The number of benzene rings is 1. The van der Waals surface area contributed by atoms with Gasteiger partial charge in [-0.15, -0.1) is 0 Å². The average Bonchev–Trinajstić information content (AvgIpc) is 2.46. The summed E-state index contributed by atoms with van der Waals surface area (Å²) in [4.78, 5) is 23.2. The number of rotatable bonds is 6. The first-order valence-corrected chi connectivity index (χ1v) is 7.78. The lowest BCUT2D eigenvalue weighted by Gasteiger charge is -2.21. The molecule has 1 aromatic carbocycles. The summed E-state index contributed by atoms with van der Waals surface area (Å²) in [6, 6.07) is 7.42. The number of hydrogen-bond donors (Lipinski definition) is 1. The fraction of sp³-hybridized carbons (Fsp3) is 0.556. The quantitative estimate of drug-likeness (QED) is 0.818. The zero-order chi connectivity index (χ0) is 17.6. The van der Waals surface area contributed by atoms with Crippen LogP contribution in [0.15, 0.2) is 24.3 Å². The molecular formula is C18H27NO4. The molecule has 1 N–H and O–H groups in total. The lowest BCUT2D eigenvalue weighted by atomic mass is 9.87. The Morgan fingerprint density at radius 2 is 1.70 bits per heavy atom. The van der Waals surface area contributed by atoms with Crippen LogP contribution < -0.4 is 10.1 Å². The molecule has 0 fully saturated rings. The molecule has 1 aromatic rings. The molecular weight excluding hydrogens is 294 g/mol. The van der Waals surface area contributed by atoms with Crippen LogP contribution in [-0.2, 0) is 19.7 Å². The van der Waals surface area contributed by atoms with Crippen LogP contribution in [0.1, 0.15) is 46.6 Å². The second-order valence-corrected chi connectivity index (χ2v) is 6.72.